The van der Waals surface area contributed by atoms with Crippen molar-refractivity contribution in [1.29, 1.82) is 0 Å². The summed E-state index contributed by atoms with van der Waals surface area (Å²) in [6.07, 6.45) is 10.5. The smallest absolute Gasteiger partial charge is 0.306 e. The van der Waals surface area contributed by atoms with Gasteiger partial charge in [0, 0.05) is 30.6 Å². The van der Waals surface area contributed by atoms with Gasteiger partial charge in [-0.3, -0.25) is 24.0 Å². The highest BCUT2D eigenvalue weighted by Crippen LogP contribution is 2.43. The second-order valence-corrected chi connectivity index (χ2v) is 19.0. The molecule has 3 aliphatic heterocycles. The minimum atomic E-state index is -0.867. The molecular weight excluding hydrogens is 835 g/mol. The molecule has 1 spiro atoms. The summed E-state index contributed by atoms with van der Waals surface area (Å²) in [5.41, 5.74) is 7.48. The van der Waals surface area contributed by atoms with Crippen LogP contribution < -0.4 is 27.0 Å². The van der Waals surface area contributed by atoms with Gasteiger partial charge in [-0.1, -0.05) is 68.8 Å². The lowest BCUT2D eigenvalue weighted by molar-refractivity contribution is -0.151. The highest BCUT2D eigenvalue weighted by molar-refractivity contribution is 5.98. The molecule has 11 unspecified atom stereocenters. The fourth-order valence-electron chi connectivity index (χ4n) is 8.67. The van der Waals surface area contributed by atoms with Crippen molar-refractivity contribution in [2.24, 2.45) is 17.6 Å². The van der Waals surface area contributed by atoms with Gasteiger partial charge in [0.15, 0.2) is 0 Å². The average Bonchev–Trinajstić information content (AvgIpc) is 4.03. The third kappa shape index (κ3) is 15.6. The molecule has 0 radical (unpaired) electrons. The highest BCUT2D eigenvalue weighted by Gasteiger charge is 2.58. The number of nitrogens with two attached hydrogens (primary N) is 1. The molecule has 360 valence electrons. The van der Waals surface area contributed by atoms with Gasteiger partial charge < -0.3 is 56.2 Å². The van der Waals surface area contributed by atoms with E-state index in [0.717, 1.165) is 17.6 Å². The predicted octanol–water partition coefficient (Wildman–Crippen LogP) is 3.82. The van der Waals surface area contributed by atoms with Crippen LogP contribution in [0.5, 0.6) is 0 Å². The van der Waals surface area contributed by atoms with Crippen molar-refractivity contribution in [2.45, 2.75) is 185 Å². The molecule has 1 aliphatic carbocycles. The van der Waals surface area contributed by atoms with Crippen LogP contribution >= 0.6 is 0 Å². The third-order valence-electron chi connectivity index (χ3n) is 13.0. The van der Waals surface area contributed by atoms with E-state index >= 15 is 0 Å². The zero-order valence-corrected chi connectivity index (χ0v) is 39.1. The molecule has 1 saturated carbocycles. The van der Waals surface area contributed by atoms with Crippen molar-refractivity contribution in [3.63, 3.8) is 0 Å². The lowest BCUT2D eigenvalue weighted by atomic mass is 9.87. The van der Waals surface area contributed by atoms with Gasteiger partial charge in [0.2, 0.25) is 23.6 Å². The van der Waals surface area contributed by atoms with Crippen LogP contribution in [0, 0.1) is 11.8 Å². The van der Waals surface area contributed by atoms with Crippen LogP contribution in [0.4, 0.5) is 5.69 Å². The zero-order chi connectivity index (χ0) is 47.4. The van der Waals surface area contributed by atoms with Crippen molar-refractivity contribution >= 4 is 35.3 Å². The van der Waals surface area contributed by atoms with Crippen molar-refractivity contribution in [1.82, 2.24) is 16.0 Å². The molecule has 16 heteroatoms. The van der Waals surface area contributed by atoms with Gasteiger partial charge in [-0.05, 0) is 96.1 Å². The van der Waals surface area contributed by atoms with Gasteiger partial charge in [0.25, 0.3) is 0 Å². The van der Waals surface area contributed by atoms with E-state index in [2.05, 4.69) is 34.3 Å². The monoisotopic (exact) mass is 908 g/mol. The van der Waals surface area contributed by atoms with E-state index in [4.69, 9.17) is 24.7 Å². The van der Waals surface area contributed by atoms with Crippen molar-refractivity contribution in [3.05, 3.63) is 65.8 Å². The minimum absolute atomic E-state index is 0.0289. The molecule has 4 amide bonds. The molecular formula is C49H73N5O11. The Morgan fingerprint density at radius 3 is 2.37 bits per heavy atom. The Bertz CT molecular complexity index is 1890. The maximum absolute atomic E-state index is 13.3. The average molecular weight is 908 g/mol. The van der Waals surface area contributed by atoms with Crippen LogP contribution in [-0.4, -0.2) is 119 Å². The number of carbonyl (C=O) groups excluding carboxylic acids is 5. The Morgan fingerprint density at radius 2 is 1.69 bits per heavy atom. The second-order valence-electron chi connectivity index (χ2n) is 19.0. The predicted molar refractivity (Wildman–Crippen MR) is 245 cm³/mol. The number of aryl methyl sites for hydroxylation is 1. The molecule has 11 atom stereocenters. The van der Waals surface area contributed by atoms with Crippen molar-refractivity contribution < 1.29 is 53.1 Å². The number of benzene rings is 1. The van der Waals surface area contributed by atoms with E-state index in [-0.39, 0.29) is 72.9 Å². The van der Waals surface area contributed by atoms with E-state index in [0.29, 0.717) is 57.2 Å². The first-order valence-corrected chi connectivity index (χ1v) is 23.4. The summed E-state index contributed by atoms with van der Waals surface area (Å²) in [7, 11) is 0. The van der Waals surface area contributed by atoms with Crippen LogP contribution in [-0.2, 0) is 49.3 Å². The van der Waals surface area contributed by atoms with Gasteiger partial charge in [0.05, 0.1) is 49.5 Å². The summed E-state index contributed by atoms with van der Waals surface area (Å²) in [4.78, 5) is 63.7. The molecule has 3 saturated heterocycles. The maximum atomic E-state index is 13.3. The lowest BCUT2D eigenvalue weighted by Gasteiger charge is -2.39. The standard InChI is InChI=1S/C49H73N5O11/c1-28(2)45(50)48(61)51-32(6)47(60)54-38-11-9-8-10-34(38)15-23-44(58)65-36-18-16-35(17-19-36)52-43(57)25-37-26-49(27-62-49)46(59)41(64-37)21-13-29(3)12-20-40-30(4)24-39(33(7)63-40)53-42(56)22-14-31(5)55/h8-14,21-22,28,30-33,35-37,39-41,45-46,55,59H,15-20,23-27,50H2,1-7H3,(H,51,61)(H,52,57)(H,53,56)(H,54,60). The van der Waals surface area contributed by atoms with E-state index in [9.17, 15) is 34.2 Å². The topological polar surface area (TPSA) is 240 Å². The Kier molecular flexibility index (Phi) is 18.9. The van der Waals surface area contributed by atoms with Gasteiger partial charge in [-0.25, -0.2) is 0 Å². The number of nitrogens with one attached hydrogen (secondary N) is 4. The fraction of sp³-hybridized carbons (Fsp3) is 0.653. The van der Waals surface area contributed by atoms with E-state index in [1.54, 1.807) is 26.0 Å². The summed E-state index contributed by atoms with van der Waals surface area (Å²) < 4.78 is 24.1. The first kappa shape index (κ1) is 51.5. The van der Waals surface area contributed by atoms with Crippen LogP contribution in [0.1, 0.15) is 112 Å². The van der Waals surface area contributed by atoms with Crippen LogP contribution in [0.15, 0.2) is 60.2 Å². The summed E-state index contributed by atoms with van der Waals surface area (Å²) in [6.45, 7) is 13.3. The van der Waals surface area contributed by atoms with Crippen LogP contribution in [0.25, 0.3) is 0 Å². The molecule has 5 rings (SSSR count). The van der Waals surface area contributed by atoms with E-state index in [1.165, 1.54) is 12.2 Å². The normalized spacial score (nSPS) is 30.7. The number of allylic oxidation sites excluding steroid dienone is 2. The number of aliphatic hydroxyl groups is 2. The number of rotatable bonds is 19. The maximum Gasteiger partial charge on any atom is 0.306 e. The second kappa shape index (κ2) is 23.8. The fourth-order valence-corrected chi connectivity index (χ4v) is 8.67. The van der Waals surface area contributed by atoms with Gasteiger partial charge in [0.1, 0.15) is 30.0 Å². The summed E-state index contributed by atoms with van der Waals surface area (Å²) in [5.74, 6) is -1.41. The first-order valence-electron chi connectivity index (χ1n) is 23.4. The molecule has 0 aromatic heterocycles. The number of para-hydroxylation sites is 1. The number of amides is 4. The Balaban J connectivity index is 1.02. The zero-order valence-electron chi connectivity index (χ0n) is 39.1. The number of epoxide rings is 1. The number of carbonyl (C=O) groups is 5. The molecule has 3 heterocycles. The van der Waals surface area contributed by atoms with Gasteiger partial charge >= 0.3 is 5.97 Å². The SMILES string of the molecule is CC(C=CC1OC(CC(=O)NC2CCC(OC(=O)CCc3ccccc3NC(=O)C(C)NC(=O)C(N)C(C)C)CC2)CC2(CO2)C1O)=CCC1OC(C)C(NC(=O)C=CC(C)O)CC1C. The van der Waals surface area contributed by atoms with E-state index < -0.39 is 53.9 Å². The number of ether oxygens (including phenoxy) is 4. The Labute approximate surface area is 383 Å². The molecule has 4 fully saturated rings. The molecule has 16 nitrogen and oxygen atoms in total. The quantitative estimate of drug-likeness (QED) is 0.0454. The number of aliphatic hydroxyl groups excluding tert-OH is 2. The minimum Gasteiger partial charge on any atom is -0.462 e. The first-order chi connectivity index (χ1) is 30.8. The summed E-state index contributed by atoms with van der Waals surface area (Å²) in [5, 5.41) is 32.2. The third-order valence-corrected chi connectivity index (χ3v) is 13.0. The lowest BCUT2D eigenvalue weighted by Crippen LogP contribution is -2.51. The van der Waals surface area contributed by atoms with Crippen LogP contribution in [0.2, 0.25) is 0 Å². The molecule has 8 N–H and O–H groups in total. The van der Waals surface area contributed by atoms with E-state index in [1.807, 2.05) is 52.0 Å². The van der Waals surface area contributed by atoms with Gasteiger partial charge in [-0.2, -0.15) is 0 Å². The number of hydrogen-bond acceptors (Lipinski definition) is 12. The van der Waals surface area contributed by atoms with Crippen molar-refractivity contribution in [3.8, 4) is 0 Å². The number of hydrogen-bond donors (Lipinski definition) is 7. The van der Waals surface area contributed by atoms with Crippen LogP contribution in [0.3, 0.4) is 0 Å². The largest absolute Gasteiger partial charge is 0.462 e. The molecule has 65 heavy (non-hydrogen) atoms. The summed E-state index contributed by atoms with van der Waals surface area (Å²) >= 11 is 0. The molecule has 4 aliphatic rings. The molecule has 1 aromatic carbocycles. The molecule has 0 bridgehead atoms. The Hall–Kier alpha value is -4.45. The Morgan fingerprint density at radius 1 is 0.985 bits per heavy atom. The van der Waals surface area contributed by atoms with Crippen molar-refractivity contribution in [2.75, 3.05) is 11.9 Å². The highest BCUT2D eigenvalue weighted by atomic mass is 16.6. The summed E-state index contributed by atoms with van der Waals surface area (Å²) in [6, 6.07) is 5.47. The number of esters is 1. The van der Waals surface area contributed by atoms with Gasteiger partial charge in [-0.15, -0.1) is 0 Å². The molecule has 1 aromatic rings. The number of anilines is 1.